The number of hydrogen-bond acceptors (Lipinski definition) is 5. The molecule has 16 heavy (non-hydrogen) atoms. The summed E-state index contributed by atoms with van der Waals surface area (Å²) in [6.07, 6.45) is 2.91. The third-order valence-electron chi connectivity index (χ3n) is 1.95. The fourth-order valence-corrected chi connectivity index (χ4v) is 1.45. The molecule has 0 aliphatic carbocycles. The third kappa shape index (κ3) is 3.38. The molecule has 1 aromatic heterocycles. The molecule has 0 atom stereocenters. The number of carbonyl (C=O) groups excluding carboxylic acids is 1. The van der Waals surface area contributed by atoms with Crippen LogP contribution >= 0.6 is 0 Å². The fourth-order valence-electron chi connectivity index (χ4n) is 1.45. The first kappa shape index (κ1) is 12.2. The molecule has 4 N–H and O–H groups in total. The first-order chi connectivity index (χ1) is 7.50. The molecule has 88 valence electrons. The number of carbonyl (C=O) groups is 1. The van der Waals surface area contributed by atoms with Crippen molar-refractivity contribution in [1.82, 2.24) is 9.97 Å². The second-order valence-electron chi connectivity index (χ2n) is 4.04. The summed E-state index contributed by atoms with van der Waals surface area (Å²) in [6.45, 7) is 4.88. The maximum atomic E-state index is 11.0. The van der Waals surface area contributed by atoms with Crippen LogP contribution in [0.25, 0.3) is 0 Å². The van der Waals surface area contributed by atoms with Gasteiger partial charge in [0.15, 0.2) is 5.82 Å². The van der Waals surface area contributed by atoms with E-state index in [2.05, 4.69) is 9.97 Å². The predicted octanol–water partition coefficient (Wildman–Crippen LogP) is 0.00650. The molecular formula is C10H17N5O. The molecule has 0 aromatic carbocycles. The number of nitrogens with two attached hydrogens (primary N) is 2. The highest BCUT2D eigenvalue weighted by atomic mass is 16.1. The van der Waals surface area contributed by atoms with Crippen molar-refractivity contribution in [3.8, 4) is 0 Å². The smallest absolute Gasteiger partial charge is 0.236 e. The van der Waals surface area contributed by atoms with Crippen LogP contribution in [0.1, 0.15) is 13.8 Å². The molecule has 0 bridgehead atoms. The first-order valence-electron chi connectivity index (χ1n) is 5.09. The molecular weight excluding hydrogens is 206 g/mol. The highest BCUT2D eigenvalue weighted by Gasteiger charge is 2.14. The van der Waals surface area contributed by atoms with Crippen molar-refractivity contribution >= 4 is 17.4 Å². The van der Waals surface area contributed by atoms with Crippen LogP contribution in [0, 0.1) is 5.92 Å². The summed E-state index contributed by atoms with van der Waals surface area (Å²) in [4.78, 5) is 20.6. The van der Waals surface area contributed by atoms with Crippen LogP contribution in [0.3, 0.4) is 0 Å². The molecule has 0 aliphatic heterocycles. The largest absolute Gasteiger partial charge is 0.394 e. The van der Waals surface area contributed by atoms with Gasteiger partial charge in [-0.15, -0.1) is 0 Å². The molecule has 1 amide bonds. The van der Waals surface area contributed by atoms with E-state index in [1.54, 1.807) is 4.90 Å². The third-order valence-corrected chi connectivity index (χ3v) is 1.95. The van der Waals surface area contributed by atoms with E-state index in [-0.39, 0.29) is 6.54 Å². The van der Waals surface area contributed by atoms with Crippen LogP contribution in [-0.4, -0.2) is 29.0 Å². The van der Waals surface area contributed by atoms with Crippen molar-refractivity contribution in [3.05, 3.63) is 12.5 Å². The maximum absolute atomic E-state index is 11.0. The summed E-state index contributed by atoms with van der Waals surface area (Å²) < 4.78 is 0. The Morgan fingerprint density at radius 2 is 2.25 bits per heavy atom. The van der Waals surface area contributed by atoms with Crippen LogP contribution in [0.5, 0.6) is 0 Å². The number of aromatic nitrogens is 2. The van der Waals surface area contributed by atoms with Gasteiger partial charge < -0.3 is 16.4 Å². The van der Waals surface area contributed by atoms with E-state index in [0.29, 0.717) is 24.0 Å². The Bertz CT molecular complexity index is 366. The van der Waals surface area contributed by atoms with Crippen LogP contribution in [0.2, 0.25) is 0 Å². The average molecular weight is 223 g/mol. The summed E-state index contributed by atoms with van der Waals surface area (Å²) in [5, 5.41) is 0. The van der Waals surface area contributed by atoms with Crippen molar-refractivity contribution < 1.29 is 4.79 Å². The van der Waals surface area contributed by atoms with Gasteiger partial charge in [0.05, 0.1) is 18.4 Å². The zero-order valence-corrected chi connectivity index (χ0v) is 9.55. The van der Waals surface area contributed by atoms with Crippen LogP contribution in [0.4, 0.5) is 11.5 Å². The Balaban J connectivity index is 2.91. The summed E-state index contributed by atoms with van der Waals surface area (Å²) in [7, 11) is 0. The first-order valence-corrected chi connectivity index (χ1v) is 5.09. The lowest BCUT2D eigenvalue weighted by atomic mass is 10.2. The topological polar surface area (TPSA) is 98.1 Å². The molecule has 1 heterocycles. The standard InChI is InChI=1S/C10H17N5O/c1-7(2)4-15(5-9(12)16)10-8(11)3-13-6-14-10/h3,6-7H,4-5,11H2,1-2H3,(H2,12,16). The molecule has 0 fully saturated rings. The Labute approximate surface area is 94.7 Å². The lowest BCUT2D eigenvalue weighted by Gasteiger charge is -2.24. The maximum Gasteiger partial charge on any atom is 0.236 e. The molecule has 0 spiro atoms. The minimum absolute atomic E-state index is 0.111. The van der Waals surface area contributed by atoms with Gasteiger partial charge in [-0.05, 0) is 5.92 Å². The molecule has 6 heteroatoms. The minimum atomic E-state index is -0.404. The summed E-state index contributed by atoms with van der Waals surface area (Å²) >= 11 is 0. The van der Waals surface area contributed by atoms with Gasteiger partial charge in [-0.1, -0.05) is 13.8 Å². The van der Waals surface area contributed by atoms with E-state index < -0.39 is 5.91 Å². The highest BCUT2D eigenvalue weighted by molar-refractivity contribution is 5.80. The van der Waals surface area contributed by atoms with E-state index in [4.69, 9.17) is 11.5 Å². The van der Waals surface area contributed by atoms with Crippen LogP contribution in [0.15, 0.2) is 12.5 Å². The van der Waals surface area contributed by atoms with E-state index in [1.165, 1.54) is 12.5 Å². The van der Waals surface area contributed by atoms with Crippen LogP contribution in [-0.2, 0) is 4.79 Å². The van der Waals surface area contributed by atoms with E-state index in [0.717, 1.165) is 0 Å². The fraction of sp³-hybridized carbons (Fsp3) is 0.500. The van der Waals surface area contributed by atoms with Crippen molar-refractivity contribution in [1.29, 1.82) is 0 Å². The van der Waals surface area contributed by atoms with Gasteiger partial charge in [0, 0.05) is 6.54 Å². The number of nitrogen functional groups attached to an aromatic ring is 1. The Morgan fingerprint density at radius 3 is 2.75 bits per heavy atom. The molecule has 0 unspecified atom stereocenters. The van der Waals surface area contributed by atoms with Crippen molar-refractivity contribution in [3.63, 3.8) is 0 Å². The number of hydrogen-bond donors (Lipinski definition) is 2. The quantitative estimate of drug-likeness (QED) is 0.732. The molecule has 0 saturated carbocycles. The molecule has 0 radical (unpaired) electrons. The lowest BCUT2D eigenvalue weighted by molar-refractivity contribution is -0.116. The molecule has 1 aromatic rings. The summed E-state index contributed by atoms with van der Waals surface area (Å²) in [5.74, 6) is 0.537. The average Bonchev–Trinajstić information content (AvgIpc) is 2.15. The van der Waals surface area contributed by atoms with Gasteiger partial charge >= 0.3 is 0 Å². The summed E-state index contributed by atoms with van der Waals surface area (Å²) in [6, 6.07) is 0. The monoisotopic (exact) mass is 223 g/mol. The molecule has 6 nitrogen and oxygen atoms in total. The number of amides is 1. The van der Waals surface area contributed by atoms with Gasteiger partial charge in [-0.25, -0.2) is 9.97 Å². The number of primary amides is 1. The van der Waals surface area contributed by atoms with Crippen molar-refractivity contribution in [2.75, 3.05) is 23.7 Å². The minimum Gasteiger partial charge on any atom is -0.394 e. The Morgan fingerprint density at radius 1 is 1.56 bits per heavy atom. The normalized spacial score (nSPS) is 10.4. The molecule has 0 aliphatic rings. The number of anilines is 2. The van der Waals surface area contributed by atoms with Crippen molar-refractivity contribution in [2.24, 2.45) is 11.7 Å². The summed E-state index contributed by atoms with van der Waals surface area (Å²) in [5.41, 5.74) is 11.4. The molecule has 0 saturated heterocycles. The van der Waals surface area contributed by atoms with Gasteiger partial charge in [0.1, 0.15) is 6.33 Å². The zero-order chi connectivity index (χ0) is 12.1. The van der Waals surface area contributed by atoms with Gasteiger partial charge in [-0.3, -0.25) is 4.79 Å². The van der Waals surface area contributed by atoms with Crippen LogP contribution < -0.4 is 16.4 Å². The van der Waals surface area contributed by atoms with Crippen molar-refractivity contribution in [2.45, 2.75) is 13.8 Å². The van der Waals surface area contributed by atoms with Gasteiger partial charge in [0.2, 0.25) is 5.91 Å². The van der Waals surface area contributed by atoms with E-state index >= 15 is 0 Å². The number of rotatable bonds is 5. The second-order valence-corrected chi connectivity index (χ2v) is 4.04. The van der Waals surface area contributed by atoms with E-state index in [9.17, 15) is 4.79 Å². The Kier molecular flexibility index (Phi) is 4.04. The highest BCUT2D eigenvalue weighted by Crippen LogP contribution is 2.18. The van der Waals surface area contributed by atoms with E-state index in [1.807, 2.05) is 13.8 Å². The zero-order valence-electron chi connectivity index (χ0n) is 9.55. The lowest BCUT2D eigenvalue weighted by Crippen LogP contribution is -2.37. The van der Waals surface area contributed by atoms with Gasteiger partial charge in [-0.2, -0.15) is 0 Å². The predicted molar refractivity (Wildman–Crippen MR) is 62.7 cm³/mol. The number of nitrogens with zero attached hydrogens (tertiary/aromatic N) is 3. The second kappa shape index (κ2) is 5.29. The molecule has 1 rings (SSSR count). The van der Waals surface area contributed by atoms with Gasteiger partial charge in [0.25, 0.3) is 0 Å². The Hall–Kier alpha value is -1.85. The SMILES string of the molecule is CC(C)CN(CC(N)=O)c1ncncc1N.